The van der Waals surface area contributed by atoms with E-state index >= 15 is 0 Å². The van der Waals surface area contributed by atoms with Crippen molar-refractivity contribution in [1.29, 1.82) is 0 Å². The number of phenols is 3. The van der Waals surface area contributed by atoms with Gasteiger partial charge in [0.15, 0.2) is 17.3 Å². The summed E-state index contributed by atoms with van der Waals surface area (Å²) in [4.78, 5) is 39.8. The van der Waals surface area contributed by atoms with Crippen LogP contribution < -0.4 is 0 Å². The van der Waals surface area contributed by atoms with E-state index in [2.05, 4.69) is 0 Å². The second-order valence-corrected chi connectivity index (χ2v) is 9.53. The molecular formula is C29H18O6. The molecule has 2 atom stereocenters. The van der Waals surface area contributed by atoms with Crippen LogP contribution in [0.25, 0.3) is 11.1 Å². The second kappa shape index (κ2) is 6.36. The van der Waals surface area contributed by atoms with Crippen LogP contribution in [0.3, 0.4) is 0 Å². The minimum Gasteiger partial charge on any atom is -0.507 e. The van der Waals surface area contributed by atoms with Gasteiger partial charge in [-0.1, -0.05) is 36.4 Å². The first kappa shape index (κ1) is 20.0. The fraction of sp³-hybridized carbons (Fsp3) is 0.138. The number of phenolic OH excluding ortho intramolecular Hbond substituents is 3. The molecule has 3 N–H and O–H groups in total. The van der Waals surface area contributed by atoms with Crippen LogP contribution in [0.5, 0.6) is 17.2 Å². The number of allylic oxidation sites excluding steroid dienone is 4. The highest BCUT2D eigenvalue weighted by atomic mass is 16.3. The molecular weight excluding hydrogens is 444 g/mol. The van der Waals surface area contributed by atoms with E-state index < -0.39 is 11.3 Å². The van der Waals surface area contributed by atoms with Gasteiger partial charge >= 0.3 is 0 Å². The predicted octanol–water partition coefficient (Wildman–Crippen LogP) is 4.56. The Hall–Kier alpha value is -4.45. The molecule has 35 heavy (non-hydrogen) atoms. The van der Waals surface area contributed by atoms with Crippen molar-refractivity contribution < 1.29 is 29.7 Å². The van der Waals surface area contributed by atoms with Gasteiger partial charge in [0.1, 0.15) is 17.2 Å². The van der Waals surface area contributed by atoms with Gasteiger partial charge in [-0.15, -0.1) is 0 Å². The molecule has 0 bridgehead atoms. The van der Waals surface area contributed by atoms with Crippen molar-refractivity contribution in [2.45, 2.75) is 18.3 Å². The maximum absolute atomic E-state index is 13.5. The van der Waals surface area contributed by atoms with Crippen molar-refractivity contribution in [3.63, 3.8) is 0 Å². The van der Waals surface area contributed by atoms with E-state index in [1.165, 1.54) is 24.3 Å². The smallest absolute Gasteiger partial charge is 0.190 e. The van der Waals surface area contributed by atoms with E-state index in [1.807, 2.05) is 0 Å². The molecule has 7 rings (SSSR count). The Morgan fingerprint density at radius 3 is 2.06 bits per heavy atom. The Bertz CT molecular complexity index is 1640. The summed E-state index contributed by atoms with van der Waals surface area (Å²) in [6, 6.07) is 13.1. The van der Waals surface area contributed by atoms with Crippen LogP contribution in [0.2, 0.25) is 0 Å². The molecule has 4 aliphatic carbocycles. The van der Waals surface area contributed by atoms with Crippen LogP contribution in [0, 0.1) is 5.92 Å². The molecule has 3 aromatic rings. The standard InChI is InChI=1S/C29H18O6/c30-18-5-1-3-14-25(18)22(34)11-13-12-23(35)26-16(4-2-6-19(26)31)29(13)17-8-10-21(33)27-20(32)9-7-15(24(17)27)28(14)29/h1-10,13,30-31,33H,11-12H2/t13-,29?/m1/s1. The Kier molecular flexibility index (Phi) is 3.63. The molecule has 0 aliphatic heterocycles. The third-order valence-electron chi connectivity index (χ3n) is 8.00. The lowest BCUT2D eigenvalue weighted by molar-refractivity contribution is 0.0883. The summed E-state index contributed by atoms with van der Waals surface area (Å²) in [5.41, 5.74) is 3.26. The highest BCUT2D eigenvalue weighted by Gasteiger charge is 2.59. The third kappa shape index (κ3) is 2.17. The molecule has 0 amide bonds. The van der Waals surface area contributed by atoms with Crippen molar-refractivity contribution in [3.8, 4) is 17.2 Å². The normalized spacial score (nSPS) is 23.3. The molecule has 3 aromatic carbocycles. The van der Waals surface area contributed by atoms with Crippen LogP contribution in [-0.2, 0) is 5.41 Å². The number of Topliss-reactive ketones (excluding diaryl/α,β-unsaturated/α-hetero) is 2. The van der Waals surface area contributed by atoms with E-state index in [1.54, 1.807) is 36.4 Å². The van der Waals surface area contributed by atoms with E-state index in [0.29, 0.717) is 33.4 Å². The molecule has 1 unspecified atom stereocenters. The Morgan fingerprint density at radius 2 is 1.29 bits per heavy atom. The topological polar surface area (TPSA) is 112 Å². The number of ketones is 3. The van der Waals surface area contributed by atoms with E-state index in [9.17, 15) is 29.7 Å². The summed E-state index contributed by atoms with van der Waals surface area (Å²) >= 11 is 0. The molecule has 6 nitrogen and oxygen atoms in total. The lowest BCUT2D eigenvalue weighted by atomic mass is 9.56. The lowest BCUT2D eigenvalue weighted by Gasteiger charge is -2.44. The van der Waals surface area contributed by atoms with Gasteiger partial charge < -0.3 is 15.3 Å². The molecule has 0 saturated heterocycles. The SMILES string of the molecule is O=C1C[C@@H]2CC(=O)c3c(O)cccc3C23C(=C2C=CC(=O)c4c(O)ccc3c42)c2cccc(O)c21. The monoisotopic (exact) mass is 462 g/mol. The van der Waals surface area contributed by atoms with E-state index in [0.717, 1.165) is 0 Å². The van der Waals surface area contributed by atoms with Crippen molar-refractivity contribution in [1.82, 2.24) is 0 Å². The van der Waals surface area contributed by atoms with Gasteiger partial charge in [-0.3, -0.25) is 14.4 Å². The van der Waals surface area contributed by atoms with Crippen molar-refractivity contribution in [3.05, 3.63) is 99.6 Å². The minimum atomic E-state index is -1.04. The van der Waals surface area contributed by atoms with Crippen LogP contribution in [0.15, 0.2) is 60.7 Å². The number of carbonyl (C=O) groups is 3. The van der Waals surface area contributed by atoms with Crippen molar-refractivity contribution in [2.75, 3.05) is 0 Å². The largest absolute Gasteiger partial charge is 0.507 e. The molecule has 0 radical (unpaired) electrons. The van der Waals surface area contributed by atoms with Gasteiger partial charge in [-0.05, 0) is 58.0 Å². The summed E-state index contributed by atoms with van der Waals surface area (Å²) < 4.78 is 0. The van der Waals surface area contributed by atoms with Gasteiger partial charge in [0.2, 0.25) is 0 Å². The summed E-state index contributed by atoms with van der Waals surface area (Å²) in [6.45, 7) is 0. The molecule has 0 aromatic heterocycles. The predicted molar refractivity (Wildman–Crippen MR) is 127 cm³/mol. The molecule has 6 heteroatoms. The molecule has 0 fully saturated rings. The number of aromatic hydroxyl groups is 3. The number of rotatable bonds is 0. The lowest BCUT2D eigenvalue weighted by Crippen LogP contribution is -2.42. The molecule has 1 spiro atoms. The first-order valence-corrected chi connectivity index (χ1v) is 11.4. The molecule has 0 heterocycles. The highest BCUT2D eigenvalue weighted by molar-refractivity contribution is 6.23. The quantitative estimate of drug-likeness (QED) is 0.452. The molecule has 4 aliphatic rings. The van der Waals surface area contributed by atoms with Crippen molar-refractivity contribution in [2.24, 2.45) is 5.92 Å². The number of hydrogen-bond acceptors (Lipinski definition) is 6. The number of fused-ring (bicyclic) bond motifs is 3. The first-order chi connectivity index (χ1) is 16.9. The average molecular weight is 462 g/mol. The zero-order valence-electron chi connectivity index (χ0n) is 18.3. The zero-order valence-corrected chi connectivity index (χ0v) is 18.3. The maximum atomic E-state index is 13.5. The van der Waals surface area contributed by atoms with Gasteiger partial charge in [-0.25, -0.2) is 0 Å². The van der Waals surface area contributed by atoms with E-state index in [-0.39, 0.29) is 64.1 Å². The maximum Gasteiger partial charge on any atom is 0.190 e. The Balaban J connectivity index is 1.76. The minimum absolute atomic E-state index is 0.00446. The molecule has 0 saturated carbocycles. The van der Waals surface area contributed by atoms with Gasteiger partial charge in [0, 0.05) is 18.4 Å². The van der Waals surface area contributed by atoms with Gasteiger partial charge in [-0.2, -0.15) is 0 Å². The summed E-state index contributed by atoms with van der Waals surface area (Å²) in [5.74, 6) is -1.80. The van der Waals surface area contributed by atoms with Gasteiger partial charge in [0.05, 0.1) is 22.1 Å². The van der Waals surface area contributed by atoms with Gasteiger partial charge in [0.25, 0.3) is 0 Å². The second-order valence-electron chi connectivity index (χ2n) is 9.53. The average Bonchev–Trinajstić information content (AvgIpc) is 3.05. The number of carbonyl (C=O) groups excluding carboxylic acids is 3. The number of benzene rings is 3. The number of hydrogen-bond donors (Lipinski definition) is 3. The summed E-state index contributed by atoms with van der Waals surface area (Å²) in [7, 11) is 0. The van der Waals surface area contributed by atoms with E-state index in [4.69, 9.17) is 0 Å². The van der Waals surface area contributed by atoms with Crippen LogP contribution in [0.4, 0.5) is 0 Å². The fourth-order valence-electron chi connectivity index (χ4n) is 6.85. The Labute approximate surface area is 199 Å². The highest BCUT2D eigenvalue weighted by Crippen LogP contribution is 2.66. The summed E-state index contributed by atoms with van der Waals surface area (Å²) in [5, 5.41) is 32.2. The third-order valence-corrected chi connectivity index (χ3v) is 8.00. The van der Waals surface area contributed by atoms with Crippen LogP contribution >= 0.6 is 0 Å². The van der Waals surface area contributed by atoms with Crippen LogP contribution in [-0.4, -0.2) is 32.7 Å². The van der Waals surface area contributed by atoms with Crippen molar-refractivity contribution >= 4 is 28.5 Å². The molecule has 170 valence electrons. The zero-order chi connectivity index (χ0) is 24.2. The summed E-state index contributed by atoms with van der Waals surface area (Å²) in [6.07, 6.45) is 3.09. The Morgan fingerprint density at radius 1 is 0.657 bits per heavy atom. The van der Waals surface area contributed by atoms with Crippen LogP contribution in [0.1, 0.15) is 66.2 Å². The fourth-order valence-corrected chi connectivity index (χ4v) is 6.85. The first-order valence-electron chi connectivity index (χ1n) is 11.4.